The smallest absolute Gasteiger partial charge is 0.308 e. The number of benzene rings is 2. The van der Waals surface area contributed by atoms with E-state index in [4.69, 9.17) is 16.3 Å². The highest BCUT2D eigenvalue weighted by Gasteiger charge is 2.25. The van der Waals surface area contributed by atoms with Crippen LogP contribution in [0, 0.1) is 0 Å². The van der Waals surface area contributed by atoms with Gasteiger partial charge < -0.3 is 15.0 Å². The monoisotopic (exact) mass is 400 g/mol. The molecule has 6 nitrogen and oxygen atoms in total. The number of amides is 2. The van der Waals surface area contributed by atoms with Crippen LogP contribution in [0.1, 0.15) is 30.5 Å². The van der Waals surface area contributed by atoms with Crippen LogP contribution in [0.4, 0.5) is 5.69 Å². The van der Waals surface area contributed by atoms with Crippen LogP contribution >= 0.6 is 11.6 Å². The van der Waals surface area contributed by atoms with Crippen LogP contribution < -0.4 is 10.2 Å². The Morgan fingerprint density at radius 2 is 1.86 bits per heavy atom. The molecule has 0 radical (unpaired) electrons. The van der Waals surface area contributed by atoms with Gasteiger partial charge in [-0.1, -0.05) is 41.9 Å². The summed E-state index contributed by atoms with van der Waals surface area (Å²) in [6.07, 6.45) is 0.710. The van der Waals surface area contributed by atoms with E-state index in [-0.39, 0.29) is 24.8 Å². The third kappa shape index (κ3) is 4.89. The molecule has 28 heavy (non-hydrogen) atoms. The van der Waals surface area contributed by atoms with Gasteiger partial charge >= 0.3 is 5.97 Å². The Labute approximate surface area is 168 Å². The first-order chi connectivity index (χ1) is 13.4. The Bertz CT molecular complexity index is 882. The SMILES string of the molecule is CC(=O)N[C@H](CC(=O)OCC(=O)N1CCc2ccccc21)c1ccc(Cl)cc1. The number of ether oxygens (including phenoxy) is 1. The summed E-state index contributed by atoms with van der Waals surface area (Å²) in [5.74, 6) is -1.09. The lowest BCUT2D eigenvalue weighted by Crippen LogP contribution is -2.34. The van der Waals surface area contributed by atoms with Crippen LogP contribution in [0.2, 0.25) is 5.02 Å². The van der Waals surface area contributed by atoms with Crippen molar-refractivity contribution in [3.63, 3.8) is 0 Å². The molecule has 0 saturated carbocycles. The van der Waals surface area contributed by atoms with Crippen LogP contribution in [0.5, 0.6) is 0 Å². The van der Waals surface area contributed by atoms with Crippen LogP contribution in [0.25, 0.3) is 0 Å². The molecule has 1 heterocycles. The highest BCUT2D eigenvalue weighted by Crippen LogP contribution is 2.27. The van der Waals surface area contributed by atoms with Crippen molar-refractivity contribution >= 4 is 35.1 Å². The van der Waals surface area contributed by atoms with Gasteiger partial charge in [-0.25, -0.2) is 0 Å². The Kier molecular flexibility index (Phi) is 6.31. The van der Waals surface area contributed by atoms with Gasteiger partial charge in [0.05, 0.1) is 12.5 Å². The highest BCUT2D eigenvalue weighted by atomic mass is 35.5. The van der Waals surface area contributed by atoms with Gasteiger partial charge in [0, 0.05) is 24.2 Å². The molecule has 146 valence electrons. The average molecular weight is 401 g/mol. The minimum absolute atomic E-state index is 0.0783. The Morgan fingerprint density at radius 1 is 1.14 bits per heavy atom. The summed E-state index contributed by atoms with van der Waals surface area (Å²) in [4.78, 5) is 37.8. The van der Waals surface area contributed by atoms with E-state index < -0.39 is 12.0 Å². The zero-order valence-corrected chi connectivity index (χ0v) is 16.2. The fourth-order valence-electron chi connectivity index (χ4n) is 3.24. The summed E-state index contributed by atoms with van der Waals surface area (Å²) in [5.41, 5.74) is 2.70. The maximum Gasteiger partial charge on any atom is 0.308 e. The zero-order chi connectivity index (χ0) is 20.1. The number of nitrogens with one attached hydrogen (secondary N) is 1. The van der Waals surface area contributed by atoms with Gasteiger partial charge in [-0.15, -0.1) is 0 Å². The van der Waals surface area contributed by atoms with Crippen molar-refractivity contribution in [2.45, 2.75) is 25.8 Å². The van der Waals surface area contributed by atoms with Gasteiger partial charge in [0.2, 0.25) is 5.91 Å². The second-order valence-corrected chi connectivity index (χ2v) is 7.03. The summed E-state index contributed by atoms with van der Waals surface area (Å²) < 4.78 is 5.18. The van der Waals surface area contributed by atoms with Crippen molar-refractivity contribution in [3.8, 4) is 0 Å². The number of carbonyl (C=O) groups is 3. The van der Waals surface area contributed by atoms with E-state index in [0.717, 1.165) is 23.2 Å². The van der Waals surface area contributed by atoms with E-state index in [2.05, 4.69) is 5.32 Å². The minimum atomic E-state index is -0.561. The number of nitrogens with zero attached hydrogens (tertiary/aromatic N) is 1. The molecule has 1 N–H and O–H groups in total. The van der Waals surface area contributed by atoms with Crippen LogP contribution in [-0.2, 0) is 25.5 Å². The number of para-hydroxylation sites is 1. The molecule has 0 unspecified atom stereocenters. The molecule has 1 aliphatic rings. The maximum atomic E-state index is 12.4. The first-order valence-corrected chi connectivity index (χ1v) is 9.38. The number of halogens is 1. The molecule has 3 rings (SSSR count). The number of hydrogen-bond acceptors (Lipinski definition) is 4. The molecular weight excluding hydrogens is 380 g/mol. The summed E-state index contributed by atoms with van der Waals surface area (Å²) in [6.45, 7) is 1.62. The zero-order valence-electron chi connectivity index (χ0n) is 15.5. The molecule has 1 atom stereocenters. The predicted octanol–water partition coefficient (Wildman–Crippen LogP) is 3.04. The number of anilines is 1. The van der Waals surface area contributed by atoms with Gasteiger partial charge in [0.15, 0.2) is 6.61 Å². The molecular formula is C21H21ClN2O4. The van der Waals surface area contributed by atoms with Gasteiger partial charge in [-0.2, -0.15) is 0 Å². The largest absolute Gasteiger partial charge is 0.455 e. The summed E-state index contributed by atoms with van der Waals surface area (Å²) >= 11 is 5.89. The number of hydrogen-bond donors (Lipinski definition) is 1. The topological polar surface area (TPSA) is 75.7 Å². The van der Waals surface area contributed by atoms with Crippen molar-refractivity contribution < 1.29 is 19.1 Å². The molecule has 0 saturated heterocycles. The lowest BCUT2D eigenvalue weighted by atomic mass is 10.0. The Balaban J connectivity index is 1.58. The third-order valence-electron chi connectivity index (χ3n) is 4.57. The summed E-state index contributed by atoms with van der Waals surface area (Å²) in [5, 5.41) is 3.28. The fraction of sp³-hybridized carbons (Fsp3) is 0.286. The highest BCUT2D eigenvalue weighted by molar-refractivity contribution is 6.30. The van der Waals surface area contributed by atoms with Crippen molar-refractivity contribution in [1.82, 2.24) is 5.32 Å². The van der Waals surface area contributed by atoms with Crippen molar-refractivity contribution in [2.24, 2.45) is 0 Å². The van der Waals surface area contributed by atoms with Gasteiger partial charge in [-0.05, 0) is 35.7 Å². The Hall–Kier alpha value is -2.86. The molecule has 0 aliphatic carbocycles. The molecule has 0 aromatic heterocycles. The van der Waals surface area contributed by atoms with E-state index in [9.17, 15) is 14.4 Å². The summed E-state index contributed by atoms with van der Waals surface area (Å²) in [7, 11) is 0. The number of carbonyl (C=O) groups excluding carboxylic acids is 3. The molecule has 7 heteroatoms. The van der Waals surface area contributed by atoms with Crippen LogP contribution in [0.15, 0.2) is 48.5 Å². The molecule has 1 aliphatic heterocycles. The predicted molar refractivity (Wildman–Crippen MR) is 106 cm³/mol. The Morgan fingerprint density at radius 3 is 2.57 bits per heavy atom. The number of fused-ring (bicyclic) bond motifs is 1. The van der Waals surface area contributed by atoms with E-state index in [1.807, 2.05) is 24.3 Å². The quantitative estimate of drug-likeness (QED) is 0.756. The molecule has 0 spiro atoms. The normalized spacial score (nSPS) is 13.6. The fourth-order valence-corrected chi connectivity index (χ4v) is 3.36. The maximum absolute atomic E-state index is 12.4. The number of esters is 1. The molecule has 2 aromatic rings. The molecule has 2 amide bonds. The van der Waals surface area contributed by atoms with Crippen LogP contribution in [0.3, 0.4) is 0 Å². The standard InChI is InChI=1S/C21H21ClN2O4/c1-14(25)23-18(15-6-8-17(22)9-7-15)12-21(27)28-13-20(26)24-11-10-16-4-2-3-5-19(16)24/h2-9,18H,10-13H2,1H3,(H,23,25)/t18-/m1/s1. The van der Waals surface area contributed by atoms with E-state index in [0.29, 0.717) is 11.6 Å². The first-order valence-electron chi connectivity index (χ1n) is 9.00. The van der Waals surface area contributed by atoms with E-state index >= 15 is 0 Å². The van der Waals surface area contributed by atoms with Gasteiger partial charge in [-0.3, -0.25) is 14.4 Å². The van der Waals surface area contributed by atoms with E-state index in [1.54, 1.807) is 29.2 Å². The van der Waals surface area contributed by atoms with Crippen molar-refractivity contribution in [2.75, 3.05) is 18.1 Å². The second-order valence-electron chi connectivity index (χ2n) is 6.59. The summed E-state index contributed by atoms with van der Waals surface area (Å²) in [6, 6.07) is 14.0. The average Bonchev–Trinajstić information content (AvgIpc) is 3.10. The van der Waals surface area contributed by atoms with Gasteiger partial charge in [0.1, 0.15) is 0 Å². The lowest BCUT2D eigenvalue weighted by Gasteiger charge is -2.19. The van der Waals surface area contributed by atoms with Crippen molar-refractivity contribution in [3.05, 3.63) is 64.7 Å². The molecule has 0 bridgehead atoms. The first kappa shape index (κ1) is 19.9. The van der Waals surface area contributed by atoms with Gasteiger partial charge in [0.25, 0.3) is 5.91 Å². The van der Waals surface area contributed by atoms with E-state index in [1.165, 1.54) is 6.92 Å². The molecule has 0 fully saturated rings. The molecule has 2 aromatic carbocycles. The van der Waals surface area contributed by atoms with Crippen LogP contribution in [-0.4, -0.2) is 30.9 Å². The van der Waals surface area contributed by atoms with Crippen molar-refractivity contribution in [1.29, 1.82) is 0 Å². The minimum Gasteiger partial charge on any atom is -0.455 e. The lowest BCUT2D eigenvalue weighted by molar-refractivity contribution is -0.148. The second kappa shape index (κ2) is 8.89. The third-order valence-corrected chi connectivity index (χ3v) is 4.82. The number of rotatable bonds is 6.